The van der Waals surface area contributed by atoms with Crippen LogP contribution in [0, 0.1) is 17.6 Å². The summed E-state index contributed by atoms with van der Waals surface area (Å²) in [5.74, 6) is -2.81. The molecule has 1 aromatic rings. The Balaban J connectivity index is 2.05. The van der Waals surface area contributed by atoms with Gasteiger partial charge in [-0.15, -0.1) is 0 Å². The molecule has 0 aliphatic carbocycles. The molecule has 1 heterocycles. The Labute approximate surface area is 109 Å². The first-order valence-electron chi connectivity index (χ1n) is 6.12. The summed E-state index contributed by atoms with van der Waals surface area (Å²) in [6, 6.07) is 1.63. The van der Waals surface area contributed by atoms with Gasteiger partial charge in [0.25, 0.3) is 0 Å². The maximum atomic E-state index is 13.6. The Bertz CT molecular complexity index is 450. The van der Waals surface area contributed by atoms with Crippen LogP contribution >= 0.6 is 0 Å². The van der Waals surface area contributed by atoms with Crippen molar-refractivity contribution in [2.75, 3.05) is 25.1 Å². The van der Waals surface area contributed by atoms with Gasteiger partial charge in [-0.25, -0.2) is 13.6 Å². The summed E-state index contributed by atoms with van der Waals surface area (Å²) in [5.41, 5.74) is -0.664. The first-order valence-corrected chi connectivity index (χ1v) is 6.12. The zero-order valence-electron chi connectivity index (χ0n) is 10.3. The van der Waals surface area contributed by atoms with Gasteiger partial charge in [0.2, 0.25) is 0 Å². The number of halogens is 2. The predicted octanol–water partition coefficient (Wildman–Crippen LogP) is 2.50. The summed E-state index contributed by atoms with van der Waals surface area (Å²) in [4.78, 5) is 10.7. The van der Waals surface area contributed by atoms with Crippen molar-refractivity contribution in [1.29, 1.82) is 0 Å². The number of benzene rings is 1. The topological polar surface area (TPSA) is 58.6 Å². The molecule has 0 saturated carbocycles. The fraction of sp³-hybridized carbons (Fsp3) is 0.462. The van der Waals surface area contributed by atoms with Gasteiger partial charge < -0.3 is 15.2 Å². The molecular formula is C13H15F2NO3. The largest absolute Gasteiger partial charge is 0.478 e. The Morgan fingerprint density at radius 1 is 1.32 bits per heavy atom. The van der Waals surface area contributed by atoms with E-state index in [-0.39, 0.29) is 5.69 Å². The van der Waals surface area contributed by atoms with Crippen LogP contribution in [0.2, 0.25) is 0 Å². The molecule has 1 fully saturated rings. The molecule has 104 valence electrons. The highest BCUT2D eigenvalue weighted by Crippen LogP contribution is 2.23. The maximum absolute atomic E-state index is 13.6. The van der Waals surface area contributed by atoms with Gasteiger partial charge >= 0.3 is 5.97 Å². The standard InChI is InChI=1S/C13H15F2NO3/c14-10-5-9(13(17)18)6-11(15)12(10)16-7-8-1-3-19-4-2-8/h5-6,8,16H,1-4,7H2,(H,17,18). The van der Waals surface area contributed by atoms with Crippen molar-refractivity contribution < 1.29 is 23.4 Å². The third-order valence-corrected chi connectivity index (χ3v) is 3.20. The van der Waals surface area contributed by atoms with E-state index >= 15 is 0 Å². The van der Waals surface area contributed by atoms with Crippen molar-refractivity contribution in [1.82, 2.24) is 0 Å². The number of ether oxygens (including phenoxy) is 1. The van der Waals surface area contributed by atoms with Gasteiger partial charge in [0.05, 0.1) is 5.56 Å². The monoisotopic (exact) mass is 271 g/mol. The van der Waals surface area contributed by atoms with Crippen molar-refractivity contribution in [3.63, 3.8) is 0 Å². The average Bonchev–Trinajstić information content (AvgIpc) is 2.38. The molecule has 0 unspecified atom stereocenters. The second-order valence-electron chi connectivity index (χ2n) is 4.56. The van der Waals surface area contributed by atoms with E-state index in [1.165, 1.54) is 0 Å². The van der Waals surface area contributed by atoms with Crippen LogP contribution in [0.4, 0.5) is 14.5 Å². The summed E-state index contributed by atoms with van der Waals surface area (Å²) < 4.78 is 32.5. The number of hydrogen-bond donors (Lipinski definition) is 2. The Kier molecular flexibility index (Phi) is 4.31. The van der Waals surface area contributed by atoms with E-state index in [1.54, 1.807) is 0 Å². The van der Waals surface area contributed by atoms with Gasteiger partial charge in [0.1, 0.15) is 17.3 Å². The summed E-state index contributed by atoms with van der Waals surface area (Å²) in [6.07, 6.45) is 1.70. The summed E-state index contributed by atoms with van der Waals surface area (Å²) in [5, 5.41) is 11.4. The number of rotatable bonds is 4. The quantitative estimate of drug-likeness (QED) is 0.883. The zero-order valence-corrected chi connectivity index (χ0v) is 10.3. The lowest BCUT2D eigenvalue weighted by Crippen LogP contribution is -2.23. The third-order valence-electron chi connectivity index (χ3n) is 3.20. The minimum Gasteiger partial charge on any atom is -0.478 e. The molecule has 0 atom stereocenters. The van der Waals surface area contributed by atoms with E-state index in [0.29, 0.717) is 25.7 Å². The van der Waals surface area contributed by atoms with Crippen molar-refractivity contribution in [2.45, 2.75) is 12.8 Å². The molecule has 1 aliphatic rings. The Hall–Kier alpha value is -1.69. The Morgan fingerprint density at radius 3 is 2.42 bits per heavy atom. The van der Waals surface area contributed by atoms with Crippen LogP contribution in [0.1, 0.15) is 23.2 Å². The molecule has 19 heavy (non-hydrogen) atoms. The number of carboxylic acid groups (broad SMARTS) is 1. The Morgan fingerprint density at radius 2 is 1.89 bits per heavy atom. The molecule has 2 rings (SSSR count). The first kappa shape index (κ1) is 13.7. The molecule has 2 N–H and O–H groups in total. The lowest BCUT2D eigenvalue weighted by molar-refractivity contribution is 0.0692. The van der Waals surface area contributed by atoms with Crippen LogP contribution in [0.15, 0.2) is 12.1 Å². The van der Waals surface area contributed by atoms with Crippen LogP contribution in [0.5, 0.6) is 0 Å². The highest BCUT2D eigenvalue weighted by Gasteiger charge is 2.17. The van der Waals surface area contributed by atoms with Crippen LogP contribution in [-0.4, -0.2) is 30.8 Å². The van der Waals surface area contributed by atoms with Gasteiger partial charge in [-0.2, -0.15) is 0 Å². The normalized spacial score (nSPS) is 16.3. The molecule has 1 aliphatic heterocycles. The lowest BCUT2D eigenvalue weighted by Gasteiger charge is -2.23. The average molecular weight is 271 g/mol. The fourth-order valence-corrected chi connectivity index (χ4v) is 2.06. The molecule has 1 aromatic carbocycles. The third kappa shape index (κ3) is 3.41. The second kappa shape index (κ2) is 5.97. The molecular weight excluding hydrogens is 256 g/mol. The molecule has 4 nitrogen and oxygen atoms in total. The van der Waals surface area contributed by atoms with Gasteiger partial charge in [-0.3, -0.25) is 0 Å². The van der Waals surface area contributed by atoms with E-state index in [9.17, 15) is 13.6 Å². The summed E-state index contributed by atoms with van der Waals surface area (Å²) in [7, 11) is 0. The van der Waals surface area contributed by atoms with Crippen LogP contribution in [0.25, 0.3) is 0 Å². The number of carboxylic acids is 1. The molecule has 6 heteroatoms. The fourth-order valence-electron chi connectivity index (χ4n) is 2.06. The molecule has 0 bridgehead atoms. The van der Waals surface area contributed by atoms with Gasteiger partial charge in [0.15, 0.2) is 0 Å². The number of nitrogens with one attached hydrogen (secondary N) is 1. The zero-order chi connectivity index (χ0) is 13.8. The summed E-state index contributed by atoms with van der Waals surface area (Å²) >= 11 is 0. The van der Waals surface area contributed by atoms with E-state index in [4.69, 9.17) is 9.84 Å². The number of carbonyl (C=O) groups is 1. The van der Waals surface area contributed by atoms with Crippen LogP contribution < -0.4 is 5.32 Å². The second-order valence-corrected chi connectivity index (χ2v) is 4.56. The first-order chi connectivity index (χ1) is 9.08. The van der Waals surface area contributed by atoms with Crippen molar-refractivity contribution in [3.05, 3.63) is 29.3 Å². The molecule has 0 spiro atoms. The van der Waals surface area contributed by atoms with E-state index in [0.717, 1.165) is 25.0 Å². The van der Waals surface area contributed by atoms with Crippen molar-refractivity contribution in [3.8, 4) is 0 Å². The molecule has 1 saturated heterocycles. The van der Waals surface area contributed by atoms with Crippen LogP contribution in [0.3, 0.4) is 0 Å². The van der Waals surface area contributed by atoms with Gasteiger partial charge in [0, 0.05) is 19.8 Å². The smallest absolute Gasteiger partial charge is 0.335 e. The molecule has 0 aromatic heterocycles. The highest BCUT2D eigenvalue weighted by atomic mass is 19.1. The van der Waals surface area contributed by atoms with Crippen molar-refractivity contribution >= 4 is 11.7 Å². The number of hydrogen-bond acceptors (Lipinski definition) is 3. The van der Waals surface area contributed by atoms with Gasteiger partial charge in [-0.1, -0.05) is 0 Å². The highest BCUT2D eigenvalue weighted by molar-refractivity contribution is 5.88. The minimum absolute atomic E-state index is 0.267. The van der Waals surface area contributed by atoms with E-state index in [1.807, 2.05) is 0 Å². The predicted molar refractivity (Wildman–Crippen MR) is 65.4 cm³/mol. The minimum atomic E-state index is -1.35. The van der Waals surface area contributed by atoms with E-state index < -0.39 is 23.2 Å². The van der Waals surface area contributed by atoms with E-state index in [2.05, 4.69) is 5.32 Å². The maximum Gasteiger partial charge on any atom is 0.335 e. The molecule has 0 radical (unpaired) electrons. The van der Waals surface area contributed by atoms with Crippen molar-refractivity contribution in [2.24, 2.45) is 5.92 Å². The van der Waals surface area contributed by atoms with Crippen LogP contribution in [-0.2, 0) is 4.74 Å². The molecule has 0 amide bonds. The number of anilines is 1. The summed E-state index contributed by atoms with van der Waals surface area (Å²) in [6.45, 7) is 1.77. The SMILES string of the molecule is O=C(O)c1cc(F)c(NCC2CCOCC2)c(F)c1. The number of aromatic carboxylic acids is 1. The lowest BCUT2D eigenvalue weighted by atomic mass is 10.0. The van der Waals surface area contributed by atoms with Gasteiger partial charge in [-0.05, 0) is 30.9 Å².